The highest BCUT2D eigenvalue weighted by Crippen LogP contribution is 2.29. The third kappa shape index (κ3) is 4.01. The number of anilines is 2. The molecule has 7 heteroatoms. The summed E-state index contributed by atoms with van der Waals surface area (Å²) >= 11 is 0. The van der Waals surface area contributed by atoms with Crippen LogP contribution in [0.4, 0.5) is 17.1 Å². The third-order valence-corrected chi connectivity index (χ3v) is 3.89. The molecule has 0 unspecified atom stereocenters. The van der Waals surface area contributed by atoms with Crippen LogP contribution in [-0.2, 0) is 11.3 Å². The van der Waals surface area contributed by atoms with E-state index in [1.165, 1.54) is 0 Å². The largest absolute Gasteiger partial charge is 0.378 e. The molecular weight excluding hydrogens is 308 g/mol. The fourth-order valence-corrected chi connectivity index (χ4v) is 2.67. The summed E-state index contributed by atoms with van der Waals surface area (Å²) in [5.41, 5.74) is 8.73. The summed E-state index contributed by atoms with van der Waals surface area (Å²) in [4.78, 5) is 13.1. The highest BCUT2D eigenvalue weighted by molar-refractivity contribution is 5.64. The molecule has 1 fully saturated rings. The van der Waals surface area contributed by atoms with Crippen LogP contribution >= 0.6 is 0 Å². The Balaban J connectivity index is 1.68. The zero-order valence-corrected chi connectivity index (χ0v) is 13.3. The second-order valence-electron chi connectivity index (χ2n) is 5.52. The van der Waals surface area contributed by atoms with Gasteiger partial charge in [-0.3, -0.25) is 10.1 Å². The first-order chi connectivity index (χ1) is 11.7. The first-order valence-corrected chi connectivity index (χ1v) is 7.88. The van der Waals surface area contributed by atoms with Gasteiger partial charge in [0.2, 0.25) is 0 Å². The van der Waals surface area contributed by atoms with Gasteiger partial charge < -0.3 is 15.1 Å². The molecule has 1 aliphatic heterocycles. The molecule has 3 rings (SSSR count). The minimum atomic E-state index is -0.321. The van der Waals surface area contributed by atoms with E-state index in [9.17, 15) is 10.1 Å². The number of para-hydroxylation sites is 1. The lowest BCUT2D eigenvalue weighted by Crippen LogP contribution is -2.36. The van der Waals surface area contributed by atoms with Crippen molar-refractivity contribution in [2.75, 3.05) is 36.6 Å². The Morgan fingerprint density at radius 3 is 2.58 bits per heavy atom. The van der Waals surface area contributed by atoms with Crippen molar-refractivity contribution in [1.82, 2.24) is 5.43 Å². The predicted molar refractivity (Wildman–Crippen MR) is 93.0 cm³/mol. The molecule has 2 N–H and O–H groups in total. The van der Waals surface area contributed by atoms with Gasteiger partial charge in [0, 0.05) is 31.4 Å². The second kappa shape index (κ2) is 7.76. The van der Waals surface area contributed by atoms with Crippen LogP contribution in [0.5, 0.6) is 0 Å². The van der Waals surface area contributed by atoms with Crippen molar-refractivity contribution in [2.45, 2.75) is 6.54 Å². The number of nitrogens with one attached hydrogen (secondary N) is 2. The lowest BCUT2D eigenvalue weighted by Gasteiger charge is -2.28. The molecule has 2 aromatic rings. The van der Waals surface area contributed by atoms with Crippen LogP contribution in [0.3, 0.4) is 0 Å². The number of nitrogens with zero attached hydrogens (tertiary/aromatic N) is 2. The average Bonchev–Trinajstić information content (AvgIpc) is 2.63. The molecule has 0 radical (unpaired) electrons. The van der Waals surface area contributed by atoms with Gasteiger partial charge in [-0.15, -0.1) is 0 Å². The molecule has 0 bridgehead atoms. The summed E-state index contributed by atoms with van der Waals surface area (Å²) in [6, 6.07) is 15.1. The fourth-order valence-electron chi connectivity index (χ4n) is 2.67. The number of rotatable bonds is 6. The number of hydrogen-bond donors (Lipinski definition) is 2. The molecule has 0 aliphatic carbocycles. The molecule has 7 nitrogen and oxygen atoms in total. The van der Waals surface area contributed by atoms with E-state index in [2.05, 4.69) is 10.9 Å². The molecule has 0 amide bonds. The highest BCUT2D eigenvalue weighted by Gasteiger charge is 2.21. The van der Waals surface area contributed by atoms with E-state index in [1.54, 1.807) is 6.07 Å². The molecule has 24 heavy (non-hydrogen) atoms. The molecule has 1 saturated heterocycles. The molecule has 1 aliphatic rings. The first-order valence-electron chi connectivity index (χ1n) is 7.88. The molecule has 126 valence electrons. The zero-order chi connectivity index (χ0) is 16.8. The highest BCUT2D eigenvalue weighted by atomic mass is 16.6. The maximum Gasteiger partial charge on any atom is 0.292 e. The van der Waals surface area contributed by atoms with Crippen LogP contribution in [-0.4, -0.2) is 31.2 Å². The van der Waals surface area contributed by atoms with Crippen LogP contribution in [0.25, 0.3) is 0 Å². The normalized spacial score (nSPS) is 14.4. The Hall–Kier alpha value is -2.64. The lowest BCUT2D eigenvalue weighted by atomic mass is 10.1. The van der Waals surface area contributed by atoms with Gasteiger partial charge in [0.1, 0.15) is 5.69 Å². The van der Waals surface area contributed by atoms with Crippen molar-refractivity contribution < 1.29 is 9.66 Å². The number of ether oxygens (including phenoxy) is 1. The van der Waals surface area contributed by atoms with Crippen LogP contribution in [0.15, 0.2) is 48.5 Å². The second-order valence-corrected chi connectivity index (χ2v) is 5.52. The molecule has 0 spiro atoms. The van der Waals surface area contributed by atoms with E-state index < -0.39 is 0 Å². The maximum atomic E-state index is 11.4. The van der Waals surface area contributed by atoms with Crippen molar-refractivity contribution in [2.24, 2.45) is 0 Å². The van der Waals surface area contributed by atoms with E-state index >= 15 is 0 Å². The van der Waals surface area contributed by atoms with E-state index in [-0.39, 0.29) is 10.6 Å². The molecule has 0 saturated carbocycles. The average molecular weight is 328 g/mol. The Morgan fingerprint density at radius 1 is 1.12 bits per heavy atom. The summed E-state index contributed by atoms with van der Waals surface area (Å²) in [7, 11) is 0. The first kappa shape index (κ1) is 16.2. The van der Waals surface area contributed by atoms with E-state index in [1.807, 2.05) is 47.4 Å². The number of hydrogen-bond acceptors (Lipinski definition) is 6. The minimum absolute atomic E-state index is 0.135. The summed E-state index contributed by atoms with van der Waals surface area (Å²) < 4.78 is 5.31. The minimum Gasteiger partial charge on any atom is -0.378 e. The quantitative estimate of drug-likeness (QED) is 0.627. The van der Waals surface area contributed by atoms with Crippen LogP contribution in [0.2, 0.25) is 0 Å². The van der Waals surface area contributed by atoms with Gasteiger partial charge >= 0.3 is 0 Å². The van der Waals surface area contributed by atoms with E-state index in [4.69, 9.17) is 4.74 Å². The molecule has 0 aromatic heterocycles. The Morgan fingerprint density at radius 2 is 1.88 bits per heavy atom. The number of nitro groups is 1. The van der Waals surface area contributed by atoms with Gasteiger partial charge in [-0.05, 0) is 23.8 Å². The summed E-state index contributed by atoms with van der Waals surface area (Å²) in [6.07, 6.45) is 0. The van der Waals surface area contributed by atoms with Gasteiger partial charge in [0.05, 0.1) is 18.1 Å². The molecule has 1 heterocycles. The summed E-state index contributed by atoms with van der Waals surface area (Å²) in [5, 5.41) is 11.4. The SMILES string of the molecule is O=[N+]([O-])c1cc(CNNc2ccccc2)ccc1N1CCOCC1. The molecule has 2 aromatic carbocycles. The van der Waals surface area contributed by atoms with Crippen LogP contribution in [0.1, 0.15) is 5.56 Å². The van der Waals surface area contributed by atoms with Gasteiger partial charge in [-0.2, -0.15) is 0 Å². The van der Waals surface area contributed by atoms with Gasteiger partial charge in [-0.25, -0.2) is 5.43 Å². The fraction of sp³-hybridized carbons (Fsp3) is 0.294. The summed E-state index contributed by atoms with van der Waals surface area (Å²) in [5.74, 6) is 0. The number of benzene rings is 2. The van der Waals surface area contributed by atoms with Crippen molar-refractivity contribution >= 4 is 17.1 Å². The predicted octanol–water partition coefficient (Wildman–Crippen LogP) is 2.55. The zero-order valence-electron chi connectivity index (χ0n) is 13.3. The van der Waals surface area contributed by atoms with Crippen molar-refractivity contribution in [1.29, 1.82) is 0 Å². The van der Waals surface area contributed by atoms with Crippen molar-refractivity contribution in [3.63, 3.8) is 0 Å². The van der Waals surface area contributed by atoms with Gasteiger partial charge in [-0.1, -0.05) is 24.3 Å². The Kier molecular flexibility index (Phi) is 5.25. The maximum absolute atomic E-state index is 11.4. The van der Waals surface area contributed by atoms with Crippen molar-refractivity contribution in [3.8, 4) is 0 Å². The van der Waals surface area contributed by atoms with Crippen molar-refractivity contribution in [3.05, 3.63) is 64.2 Å². The van der Waals surface area contributed by atoms with Gasteiger partial charge in [0.15, 0.2) is 0 Å². The number of nitro benzene ring substituents is 1. The monoisotopic (exact) mass is 328 g/mol. The van der Waals surface area contributed by atoms with Crippen LogP contribution < -0.4 is 15.8 Å². The topological polar surface area (TPSA) is 79.7 Å². The number of morpholine rings is 1. The Labute approximate surface area is 140 Å². The number of hydrazine groups is 1. The van der Waals surface area contributed by atoms with E-state index in [0.29, 0.717) is 38.5 Å². The standard InChI is InChI=1S/C17H20N4O3/c22-21(23)17-12-14(13-18-19-15-4-2-1-3-5-15)6-7-16(17)20-8-10-24-11-9-20/h1-7,12,18-19H,8-11,13H2. The third-order valence-electron chi connectivity index (χ3n) is 3.89. The van der Waals surface area contributed by atoms with Crippen LogP contribution in [0, 0.1) is 10.1 Å². The van der Waals surface area contributed by atoms with Gasteiger partial charge in [0.25, 0.3) is 5.69 Å². The molecule has 0 atom stereocenters. The lowest BCUT2D eigenvalue weighted by molar-refractivity contribution is -0.384. The molecular formula is C17H20N4O3. The van der Waals surface area contributed by atoms with E-state index in [0.717, 1.165) is 11.3 Å². The Bertz CT molecular complexity index is 687. The smallest absolute Gasteiger partial charge is 0.292 e. The summed E-state index contributed by atoms with van der Waals surface area (Å²) in [6.45, 7) is 3.03.